The lowest BCUT2D eigenvalue weighted by Gasteiger charge is -2.22. The van der Waals surface area contributed by atoms with Gasteiger partial charge in [0.2, 0.25) is 0 Å². The summed E-state index contributed by atoms with van der Waals surface area (Å²) in [5.74, 6) is 1.58. The molecular weight excluding hydrogens is 316 g/mol. The summed E-state index contributed by atoms with van der Waals surface area (Å²) in [5.41, 5.74) is 13.1. The molecule has 0 aliphatic heterocycles. The van der Waals surface area contributed by atoms with Gasteiger partial charge in [-0.15, -0.1) is 0 Å². The van der Waals surface area contributed by atoms with Crippen LogP contribution in [0.1, 0.15) is 20.8 Å². The van der Waals surface area contributed by atoms with Gasteiger partial charge in [0.25, 0.3) is 0 Å². The molecule has 1 aromatic heterocycles. The predicted octanol–water partition coefficient (Wildman–Crippen LogP) is 3.18. The van der Waals surface area contributed by atoms with Crippen molar-refractivity contribution in [3.8, 4) is 5.75 Å². The van der Waals surface area contributed by atoms with Crippen molar-refractivity contribution in [1.82, 2.24) is 15.4 Å². The summed E-state index contributed by atoms with van der Waals surface area (Å²) in [7, 11) is 1.58. The Labute approximate surface area is 140 Å². The number of ether oxygens (including phenoxy) is 1. The number of halogens is 1. The third-order valence-electron chi connectivity index (χ3n) is 2.85. The smallest absolute Gasteiger partial charge is 0.169 e. The van der Waals surface area contributed by atoms with Crippen LogP contribution in [0.3, 0.4) is 0 Å². The van der Waals surface area contributed by atoms with Crippen LogP contribution in [0.25, 0.3) is 0 Å². The molecule has 0 saturated carbocycles. The first-order valence-corrected chi connectivity index (χ1v) is 7.42. The molecule has 0 aliphatic rings. The molecule has 0 saturated heterocycles. The van der Waals surface area contributed by atoms with Crippen LogP contribution in [-0.4, -0.2) is 22.6 Å². The van der Waals surface area contributed by atoms with E-state index in [1.807, 2.05) is 20.8 Å². The number of hydrazine groups is 1. The van der Waals surface area contributed by atoms with Crippen LogP contribution < -0.4 is 26.6 Å². The molecule has 124 valence electrons. The molecule has 23 heavy (non-hydrogen) atoms. The Hall–Kier alpha value is -2.25. The topological polar surface area (TPSA) is 97.1 Å². The number of anilines is 4. The lowest BCUT2D eigenvalue weighted by molar-refractivity contribution is 0.417. The highest BCUT2D eigenvalue weighted by molar-refractivity contribution is 6.31. The van der Waals surface area contributed by atoms with Crippen molar-refractivity contribution < 1.29 is 4.74 Å². The number of nitrogens with zero attached hydrogens (tertiary/aromatic N) is 2. The Morgan fingerprint density at radius 1 is 1.17 bits per heavy atom. The van der Waals surface area contributed by atoms with Gasteiger partial charge in [0.15, 0.2) is 11.6 Å². The SMILES string of the molecule is COc1ccc(Cl)cc1Nc1ncnc(NNC(C)(C)C)c1N. The molecule has 0 spiro atoms. The third kappa shape index (κ3) is 4.61. The largest absolute Gasteiger partial charge is 0.495 e. The fourth-order valence-electron chi connectivity index (χ4n) is 1.75. The third-order valence-corrected chi connectivity index (χ3v) is 3.09. The van der Waals surface area contributed by atoms with E-state index >= 15 is 0 Å². The monoisotopic (exact) mass is 336 g/mol. The summed E-state index contributed by atoms with van der Waals surface area (Å²) in [6.45, 7) is 6.06. The number of aromatic nitrogens is 2. The lowest BCUT2D eigenvalue weighted by atomic mass is 10.1. The van der Waals surface area contributed by atoms with Crippen molar-refractivity contribution in [2.75, 3.05) is 23.6 Å². The first kappa shape index (κ1) is 17.1. The van der Waals surface area contributed by atoms with Crippen molar-refractivity contribution >= 4 is 34.6 Å². The molecule has 1 aromatic carbocycles. The summed E-state index contributed by atoms with van der Waals surface area (Å²) < 4.78 is 5.30. The van der Waals surface area contributed by atoms with Gasteiger partial charge in [-0.25, -0.2) is 15.4 Å². The van der Waals surface area contributed by atoms with Crippen LogP contribution in [0.5, 0.6) is 5.75 Å². The molecule has 1 heterocycles. The Kier molecular flexibility index (Phi) is 5.12. The first-order valence-electron chi connectivity index (χ1n) is 7.04. The summed E-state index contributed by atoms with van der Waals surface area (Å²) >= 11 is 6.03. The van der Waals surface area contributed by atoms with E-state index in [9.17, 15) is 0 Å². The van der Waals surface area contributed by atoms with E-state index in [1.54, 1.807) is 25.3 Å². The summed E-state index contributed by atoms with van der Waals surface area (Å²) in [4.78, 5) is 8.31. The Morgan fingerprint density at radius 3 is 2.52 bits per heavy atom. The number of nitrogens with two attached hydrogens (primary N) is 1. The van der Waals surface area contributed by atoms with E-state index in [-0.39, 0.29) is 5.54 Å². The average molecular weight is 337 g/mol. The molecule has 0 atom stereocenters. The van der Waals surface area contributed by atoms with E-state index in [4.69, 9.17) is 22.1 Å². The molecule has 2 aromatic rings. The molecule has 0 fully saturated rings. The lowest BCUT2D eigenvalue weighted by Crippen LogP contribution is -2.40. The van der Waals surface area contributed by atoms with Gasteiger partial charge in [0, 0.05) is 10.6 Å². The zero-order chi connectivity index (χ0) is 17.0. The van der Waals surface area contributed by atoms with Crippen LogP contribution in [0.4, 0.5) is 23.0 Å². The maximum Gasteiger partial charge on any atom is 0.169 e. The van der Waals surface area contributed by atoms with Crippen LogP contribution in [0.2, 0.25) is 5.02 Å². The van der Waals surface area contributed by atoms with Crippen LogP contribution in [-0.2, 0) is 0 Å². The minimum absolute atomic E-state index is 0.138. The van der Waals surface area contributed by atoms with Gasteiger partial charge in [0.1, 0.15) is 17.8 Å². The second kappa shape index (κ2) is 6.89. The molecule has 8 heteroatoms. The molecule has 0 unspecified atom stereocenters. The number of hydrogen-bond acceptors (Lipinski definition) is 7. The normalized spacial score (nSPS) is 11.2. The highest BCUT2D eigenvalue weighted by Crippen LogP contribution is 2.32. The maximum atomic E-state index is 6.13. The molecule has 0 amide bonds. The minimum atomic E-state index is -0.138. The highest BCUT2D eigenvalue weighted by atomic mass is 35.5. The Bertz CT molecular complexity index is 686. The maximum absolute atomic E-state index is 6.13. The van der Waals surface area contributed by atoms with Crippen molar-refractivity contribution in [2.24, 2.45) is 0 Å². The van der Waals surface area contributed by atoms with Gasteiger partial charge in [0.05, 0.1) is 12.8 Å². The number of hydrogen-bond donors (Lipinski definition) is 4. The van der Waals surface area contributed by atoms with E-state index in [0.29, 0.717) is 33.8 Å². The summed E-state index contributed by atoms with van der Waals surface area (Å²) in [6, 6.07) is 5.25. The van der Waals surface area contributed by atoms with Crippen molar-refractivity contribution in [2.45, 2.75) is 26.3 Å². The van der Waals surface area contributed by atoms with E-state index in [0.717, 1.165) is 0 Å². The molecule has 0 bridgehead atoms. The Balaban J connectivity index is 2.26. The van der Waals surface area contributed by atoms with Crippen molar-refractivity contribution in [3.63, 3.8) is 0 Å². The predicted molar refractivity (Wildman–Crippen MR) is 94.2 cm³/mol. The number of methoxy groups -OCH3 is 1. The van der Waals surface area contributed by atoms with E-state index in [2.05, 4.69) is 26.1 Å². The molecule has 0 aliphatic carbocycles. The van der Waals surface area contributed by atoms with Gasteiger partial charge in [-0.2, -0.15) is 0 Å². The van der Waals surface area contributed by atoms with Crippen LogP contribution in [0, 0.1) is 0 Å². The quantitative estimate of drug-likeness (QED) is 0.622. The van der Waals surface area contributed by atoms with Crippen LogP contribution >= 0.6 is 11.6 Å². The zero-order valence-corrected chi connectivity index (χ0v) is 14.3. The van der Waals surface area contributed by atoms with Gasteiger partial charge in [-0.1, -0.05) is 11.6 Å². The standard InChI is InChI=1S/C15H21ClN6O/c1-15(2,3)22-21-14-12(17)13(18-8-19-14)20-10-7-9(16)5-6-11(10)23-4/h5-8,22H,17H2,1-4H3,(H2,18,19,20,21). The molecule has 7 nitrogen and oxygen atoms in total. The number of benzene rings is 1. The van der Waals surface area contributed by atoms with Gasteiger partial charge in [-0.3, -0.25) is 0 Å². The van der Waals surface area contributed by atoms with Crippen molar-refractivity contribution in [3.05, 3.63) is 29.5 Å². The molecular formula is C15H21ClN6O. The second-order valence-corrected chi connectivity index (χ2v) is 6.39. The van der Waals surface area contributed by atoms with Gasteiger partial charge in [-0.05, 0) is 39.0 Å². The number of nitrogens with one attached hydrogen (secondary N) is 3. The first-order chi connectivity index (χ1) is 10.8. The van der Waals surface area contributed by atoms with Gasteiger partial charge >= 0.3 is 0 Å². The molecule has 0 radical (unpaired) electrons. The summed E-state index contributed by atoms with van der Waals surface area (Å²) in [5, 5.41) is 3.69. The fourth-order valence-corrected chi connectivity index (χ4v) is 1.92. The average Bonchev–Trinajstić information content (AvgIpc) is 2.47. The fraction of sp³-hybridized carbons (Fsp3) is 0.333. The number of nitrogen functional groups attached to an aromatic ring is 1. The molecule has 5 N–H and O–H groups in total. The van der Waals surface area contributed by atoms with E-state index in [1.165, 1.54) is 6.33 Å². The van der Waals surface area contributed by atoms with Gasteiger partial charge < -0.3 is 21.2 Å². The summed E-state index contributed by atoms with van der Waals surface area (Å²) in [6.07, 6.45) is 1.42. The van der Waals surface area contributed by atoms with Crippen LogP contribution in [0.15, 0.2) is 24.5 Å². The van der Waals surface area contributed by atoms with Crippen molar-refractivity contribution in [1.29, 1.82) is 0 Å². The minimum Gasteiger partial charge on any atom is -0.495 e. The zero-order valence-electron chi connectivity index (χ0n) is 13.6. The molecule has 2 rings (SSSR count). The van der Waals surface area contributed by atoms with E-state index < -0.39 is 0 Å². The Morgan fingerprint density at radius 2 is 1.87 bits per heavy atom. The second-order valence-electron chi connectivity index (χ2n) is 5.95. The highest BCUT2D eigenvalue weighted by Gasteiger charge is 2.13. The number of rotatable bonds is 5.